The highest BCUT2D eigenvalue weighted by Gasteiger charge is 2.22. The fraction of sp³-hybridized carbons (Fsp3) is 0.346. The summed E-state index contributed by atoms with van der Waals surface area (Å²) in [5.41, 5.74) is 3.98. The highest BCUT2D eigenvalue weighted by Crippen LogP contribution is 2.41. The quantitative estimate of drug-likeness (QED) is 0.533. The maximum absolute atomic E-state index is 9.76. The molecule has 0 amide bonds. The maximum Gasteiger partial charge on any atom is 0.203 e. The van der Waals surface area contributed by atoms with E-state index >= 15 is 0 Å². The minimum Gasteiger partial charge on any atom is -0.508 e. The van der Waals surface area contributed by atoms with Gasteiger partial charge in [-0.2, -0.15) is 0 Å². The highest BCUT2D eigenvalue weighted by molar-refractivity contribution is 5.69. The Morgan fingerprint density at radius 2 is 1.61 bits per heavy atom. The number of hydrogen-bond donors (Lipinski definition) is 2. The third-order valence-corrected chi connectivity index (χ3v) is 6.07. The van der Waals surface area contributed by atoms with Crippen molar-refractivity contribution in [3.8, 4) is 34.3 Å². The zero-order valence-electron chi connectivity index (χ0n) is 19.4. The van der Waals surface area contributed by atoms with Crippen molar-refractivity contribution in [3.63, 3.8) is 0 Å². The second-order valence-electron chi connectivity index (χ2n) is 8.09. The molecule has 0 aliphatic carbocycles. The predicted molar refractivity (Wildman–Crippen MR) is 130 cm³/mol. The normalized spacial score (nSPS) is 14.0. The summed E-state index contributed by atoms with van der Waals surface area (Å²) in [7, 11) is 4.82. The third kappa shape index (κ3) is 5.14. The van der Waals surface area contributed by atoms with Gasteiger partial charge in [0.2, 0.25) is 5.75 Å². The van der Waals surface area contributed by atoms with Gasteiger partial charge in [0.05, 0.1) is 27.0 Å². The lowest BCUT2D eigenvalue weighted by Gasteiger charge is -2.36. The first kappa shape index (κ1) is 22.7. The number of pyridine rings is 1. The monoisotopic (exact) mass is 449 g/mol. The van der Waals surface area contributed by atoms with Crippen LogP contribution in [0.2, 0.25) is 0 Å². The lowest BCUT2D eigenvalue weighted by Crippen LogP contribution is -2.43. The van der Waals surface area contributed by atoms with Gasteiger partial charge in [-0.1, -0.05) is 0 Å². The third-order valence-electron chi connectivity index (χ3n) is 6.07. The Balaban J connectivity index is 1.66. The number of rotatable bonds is 8. The molecule has 7 nitrogen and oxygen atoms in total. The SMILES string of the molecule is COc1cc(-c2cc(CN(c3ccc(O)cc3)C3CCNCC3)ccn2)cc(OC)c1OC. The van der Waals surface area contributed by atoms with Crippen LogP contribution in [-0.2, 0) is 6.54 Å². The molecule has 0 radical (unpaired) electrons. The minimum atomic E-state index is 0.276. The van der Waals surface area contributed by atoms with Crippen molar-refractivity contribution in [2.24, 2.45) is 0 Å². The second-order valence-corrected chi connectivity index (χ2v) is 8.09. The van der Waals surface area contributed by atoms with E-state index in [1.165, 1.54) is 0 Å². The van der Waals surface area contributed by atoms with Crippen molar-refractivity contribution in [2.45, 2.75) is 25.4 Å². The van der Waals surface area contributed by atoms with Crippen molar-refractivity contribution in [3.05, 3.63) is 60.3 Å². The number of methoxy groups -OCH3 is 3. The summed E-state index contributed by atoms with van der Waals surface area (Å²) in [5, 5.41) is 13.2. The molecule has 4 rings (SSSR count). The van der Waals surface area contributed by atoms with E-state index in [-0.39, 0.29) is 5.75 Å². The topological polar surface area (TPSA) is 76.1 Å². The number of phenols is 1. The molecule has 0 atom stereocenters. The molecule has 2 heterocycles. The number of nitrogens with zero attached hydrogens (tertiary/aromatic N) is 2. The molecule has 1 aliphatic rings. The Bertz CT molecular complexity index is 1040. The van der Waals surface area contributed by atoms with Crippen LogP contribution < -0.4 is 24.4 Å². The van der Waals surface area contributed by atoms with Gasteiger partial charge in [0, 0.05) is 30.0 Å². The lowest BCUT2D eigenvalue weighted by atomic mass is 10.0. The summed E-state index contributed by atoms with van der Waals surface area (Å²) >= 11 is 0. The maximum atomic E-state index is 9.76. The van der Waals surface area contributed by atoms with E-state index in [1.807, 2.05) is 30.5 Å². The van der Waals surface area contributed by atoms with Crippen LogP contribution in [0.5, 0.6) is 23.0 Å². The second kappa shape index (κ2) is 10.4. The zero-order valence-corrected chi connectivity index (χ0v) is 19.4. The van der Waals surface area contributed by atoms with Gasteiger partial charge in [-0.05, 0) is 80.0 Å². The van der Waals surface area contributed by atoms with Crippen molar-refractivity contribution < 1.29 is 19.3 Å². The van der Waals surface area contributed by atoms with Gasteiger partial charge in [0.25, 0.3) is 0 Å². The van der Waals surface area contributed by atoms with Crippen molar-refractivity contribution in [1.82, 2.24) is 10.3 Å². The number of ether oxygens (including phenoxy) is 3. The highest BCUT2D eigenvalue weighted by atomic mass is 16.5. The summed E-state index contributed by atoms with van der Waals surface area (Å²) in [6, 6.07) is 15.9. The van der Waals surface area contributed by atoms with E-state index < -0.39 is 0 Å². The van der Waals surface area contributed by atoms with Gasteiger partial charge < -0.3 is 29.5 Å². The van der Waals surface area contributed by atoms with Gasteiger partial charge in [0.15, 0.2) is 11.5 Å². The first-order valence-corrected chi connectivity index (χ1v) is 11.1. The van der Waals surface area contributed by atoms with Gasteiger partial charge in [-0.15, -0.1) is 0 Å². The number of phenolic OH excluding ortho intramolecular Hbond substituents is 1. The number of aromatic nitrogens is 1. The molecule has 174 valence electrons. The van der Waals surface area contributed by atoms with E-state index in [4.69, 9.17) is 14.2 Å². The molecule has 0 saturated carbocycles. The Morgan fingerprint density at radius 1 is 0.939 bits per heavy atom. The molecule has 3 aromatic rings. The Kier molecular flexibility index (Phi) is 7.19. The summed E-state index contributed by atoms with van der Waals surface area (Å²) in [6.45, 7) is 2.76. The van der Waals surface area contributed by atoms with Crippen LogP contribution in [-0.4, -0.2) is 50.6 Å². The predicted octanol–water partition coefficient (Wildman–Crippen LogP) is 4.24. The van der Waals surface area contributed by atoms with Gasteiger partial charge >= 0.3 is 0 Å². The first-order chi connectivity index (χ1) is 16.1. The van der Waals surface area contributed by atoms with Crippen LogP contribution >= 0.6 is 0 Å². The molecule has 1 fully saturated rings. The van der Waals surface area contributed by atoms with Crippen LogP contribution in [0.3, 0.4) is 0 Å². The largest absolute Gasteiger partial charge is 0.508 e. The average Bonchev–Trinajstić information content (AvgIpc) is 2.87. The molecule has 1 aliphatic heterocycles. The van der Waals surface area contributed by atoms with Gasteiger partial charge in [0.1, 0.15) is 5.75 Å². The Labute approximate surface area is 194 Å². The molecular weight excluding hydrogens is 418 g/mol. The van der Waals surface area contributed by atoms with E-state index in [2.05, 4.69) is 27.3 Å². The molecule has 2 N–H and O–H groups in total. The molecular formula is C26H31N3O4. The number of piperidine rings is 1. The standard InChI is InChI=1S/C26H31N3O4/c1-31-24-15-19(16-25(32-2)26(24)33-3)23-14-18(8-13-28-23)17-29(21-9-11-27-12-10-21)20-4-6-22(30)7-5-20/h4-8,13-16,21,27,30H,9-12,17H2,1-3H3. The van der Waals surface area contributed by atoms with Crippen molar-refractivity contribution in [1.29, 1.82) is 0 Å². The lowest BCUT2D eigenvalue weighted by molar-refractivity contribution is 0.324. The van der Waals surface area contributed by atoms with Gasteiger partial charge in [-0.25, -0.2) is 0 Å². The molecule has 0 unspecified atom stereocenters. The van der Waals surface area contributed by atoms with Crippen LogP contribution in [0.15, 0.2) is 54.7 Å². The van der Waals surface area contributed by atoms with Crippen LogP contribution in [0.1, 0.15) is 18.4 Å². The Morgan fingerprint density at radius 3 is 2.21 bits per heavy atom. The van der Waals surface area contributed by atoms with E-state index in [0.717, 1.165) is 55.0 Å². The summed E-state index contributed by atoms with van der Waals surface area (Å²) in [4.78, 5) is 7.03. The Hall–Kier alpha value is -3.45. The van der Waals surface area contributed by atoms with Crippen molar-refractivity contribution >= 4 is 5.69 Å². The number of nitrogens with one attached hydrogen (secondary N) is 1. The summed E-state index contributed by atoms with van der Waals surface area (Å²) < 4.78 is 16.5. The number of aromatic hydroxyl groups is 1. The number of hydrogen-bond acceptors (Lipinski definition) is 7. The number of benzene rings is 2. The van der Waals surface area contributed by atoms with Crippen LogP contribution in [0.4, 0.5) is 5.69 Å². The minimum absolute atomic E-state index is 0.276. The van der Waals surface area contributed by atoms with Crippen molar-refractivity contribution in [2.75, 3.05) is 39.3 Å². The first-order valence-electron chi connectivity index (χ1n) is 11.1. The van der Waals surface area contributed by atoms with Crippen LogP contribution in [0.25, 0.3) is 11.3 Å². The molecule has 1 saturated heterocycles. The molecule has 0 bridgehead atoms. The summed E-state index contributed by atoms with van der Waals surface area (Å²) in [5.74, 6) is 2.03. The van der Waals surface area contributed by atoms with E-state index in [9.17, 15) is 5.11 Å². The summed E-state index contributed by atoms with van der Waals surface area (Å²) in [6.07, 6.45) is 3.99. The number of anilines is 1. The molecule has 33 heavy (non-hydrogen) atoms. The molecule has 1 aromatic heterocycles. The molecule has 0 spiro atoms. The van der Waals surface area contributed by atoms with E-state index in [1.54, 1.807) is 33.5 Å². The van der Waals surface area contributed by atoms with Crippen LogP contribution in [0, 0.1) is 0 Å². The smallest absolute Gasteiger partial charge is 0.203 e. The average molecular weight is 450 g/mol. The zero-order chi connectivity index (χ0) is 23.2. The fourth-order valence-corrected chi connectivity index (χ4v) is 4.35. The fourth-order valence-electron chi connectivity index (χ4n) is 4.35. The van der Waals surface area contributed by atoms with E-state index in [0.29, 0.717) is 23.3 Å². The molecule has 2 aromatic carbocycles. The van der Waals surface area contributed by atoms with Gasteiger partial charge in [-0.3, -0.25) is 4.98 Å². The molecule has 7 heteroatoms.